The molecule has 15 heavy (non-hydrogen) atoms. The molecule has 3 nitrogen and oxygen atoms in total. The molecule has 0 aromatic heterocycles. The van der Waals surface area contributed by atoms with Gasteiger partial charge in [-0.1, -0.05) is 29.3 Å². The van der Waals surface area contributed by atoms with E-state index in [9.17, 15) is 4.79 Å². The summed E-state index contributed by atoms with van der Waals surface area (Å²) >= 11 is 3.28. The molecule has 0 unspecified atom stereocenters. The van der Waals surface area contributed by atoms with E-state index in [1.165, 1.54) is 0 Å². The summed E-state index contributed by atoms with van der Waals surface area (Å²) in [6.07, 6.45) is 2.75. The van der Waals surface area contributed by atoms with Crippen molar-refractivity contribution in [2.24, 2.45) is 0 Å². The Morgan fingerprint density at radius 1 is 1.53 bits per heavy atom. The Labute approximate surface area is 97.7 Å². The summed E-state index contributed by atoms with van der Waals surface area (Å²) < 4.78 is 6.26. The first kappa shape index (κ1) is 12.0. The Hall–Kier alpha value is -1.03. The van der Waals surface area contributed by atoms with Crippen LogP contribution >= 0.6 is 15.9 Å². The highest BCUT2D eigenvalue weighted by atomic mass is 79.9. The lowest BCUT2D eigenvalue weighted by Gasteiger charge is -2.11. The van der Waals surface area contributed by atoms with Gasteiger partial charge < -0.3 is 10.5 Å². The van der Waals surface area contributed by atoms with Crippen LogP contribution in [0.25, 0.3) is 0 Å². The molecule has 0 saturated heterocycles. The number of carbonyl (C=O) groups excluding carboxylic acids is 1. The second kappa shape index (κ2) is 5.75. The summed E-state index contributed by atoms with van der Waals surface area (Å²) in [5, 5.41) is 0. The lowest BCUT2D eigenvalue weighted by atomic mass is 10.2. The number of aldehydes is 1. The number of ether oxygens (including phenoxy) is 1. The molecule has 82 valence electrons. The zero-order valence-electron chi connectivity index (χ0n) is 8.63. The molecular weight excluding hydrogens is 258 g/mol. The molecule has 0 fully saturated rings. The lowest BCUT2D eigenvalue weighted by molar-refractivity contribution is 0.111. The van der Waals surface area contributed by atoms with Gasteiger partial charge in [-0.15, -0.1) is 0 Å². The van der Waals surface area contributed by atoms with Crippen molar-refractivity contribution >= 4 is 27.9 Å². The lowest BCUT2D eigenvalue weighted by Crippen LogP contribution is -2.03. The Balaban J connectivity index is 2.89. The highest BCUT2D eigenvalue weighted by Crippen LogP contribution is 2.29. The van der Waals surface area contributed by atoms with Crippen LogP contribution < -0.4 is 10.5 Å². The Morgan fingerprint density at radius 3 is 2.87 bits per heavy atom. The van der Waals surface area contributed by atoms with E-state index in [0.717, 1.165) is 23.6 Å². The van der Waals surface area contributed by atoms with Crippen LogP contribution in [-0.4, -0.2) is 12.9 Å². The first-order valence-electron chi connectivity index (χ1n) is 4.86. The third-order valence-corrected chi connectivity index (χ3v) is 2.44. The minimum Gasteiger partial charge on any atom is -0.491 e. The molecule has 0 atom stereocenters. The van der Waals surface area contributed by atoms with Crippen LogP contribution in [0.3, 0.4) is 0 Å². The third kappa shape index (κ3) is 3.23. The topological polar surface area (TPSA) is 52.3 Å². The highest BCUT2D eigenvalue weighted by Gasteiger charge is 2.08. The Kier molecular flexibility index (Phi) is 4.62. The fraction of sp³-hybridized carbons (Fsp3) is 0.364. The van der Waals surface area contributed by atoms with Gasteiger partial charge in [0.05, 0.1) is 17.9 Å². The maximum atomic E-state index is 10.8. The number of anilines is 1. The van der Waals surface area contributed by atoms with Crippen LogP contribution in [0.5, 0.6) is 5.75 Å². The first-order valence-corrected chi connectivity index (χ1v) is 5.65. The molecule has 0 aliphatic rings. The Morgan fingerprint density at radius 2 is 2.27 bits per heavy atom. The molecule has 0 radical (unpaired) electrons. The van der Waals surface area contributed by atoms with Crippen molar-refractivity contribution in [3.05, 3.63) is 22.2 Å². The molecule has 2 N–H and O–H groups in total. The minimum atomic E-state index is 0.484. The number of hydrogen-bond acceptors (Lipinski definition) is 3. The minimum absolute atomic E-state index is 0.484. The van der Waals surface area contributed by atoms with Gasteiger partial charge >= 0.3 is 0 Å². The van der Waals surface area contributed by atoms with Gasteiger partial charge in [0.1, 0.15) is 0 Å². The zero-order chi connectivity index (χ0) is 11.3. The van der Waals surface area contributed by atoms with Gasteiger partial charge in [-0.25, -0.2) is 0 Å². The average molecular weight is 272 g/mol. The molecule has 0 amide bonds. The van der Waals surface area contributed by atoms with E-state index >= 15 is 0 Å². The van der Waals surface area contributed by atoms with Crippen molar-refractivity contribution in [3.8, 4) is 5.75 Å². The van der Waals surface area contributed by atoms with Gasteiger partial charge in [-0.2, -0.15) is 0 Å². The largest absolute Gasteiger partial charge is 0.491 e. The maximum absolute atomic E-state index is 10.8. The van der Waals surface area contributed by atoms with Crippen molar-refractivity contribution in [2.75, 3.05) is 12.3 Å². The molecule has 0 aliphatic carbocycles. The quantitative estimate of drug-likeness (QED) is 0.509. The molecule has 1 aromatic carbocycles. The van der Waals surface area contributed by atoms with E-state index < -0.39 is 0 Å². The number of rotatable bonds is 5. The van der Waals surface area contributed by atoms with Crippen LogP contribution in [0, 0.1) is 0 Å². The van der Waals surface area contributed by atoms with Gasteiger partial charge in [0, 0.05) is 4.47 Å². The van der Waals surface area contributed by atoms with Crippen LogP contribution in [0.15, 0.2) is 16.6 Å². The molecule has 0 heterocycles. The van der Waals surface area contributed by atoms with E-state index in [0.29, 0.717) is 23.6 Å². The predicted octanol–water partition coefficient (Wildman–Crippen LogP) is 3.02. The highest BCUT2D eigenvalue weighted by molar-refractivity contribution is 9.10. The van der Waals surface area contributed by atoms with Gasteiger partial charge in [0.15, 0.2) is 12.0 Å². The smallest absolute Gasteiger partial charge is 0.153 e. The molecule has 1 rings (SSSR count). The second-order valence-electron chi connectivity index (χ2n) is 3.23. The van der Waals surface area contributed by atoms with Crippen LogP contribution in [0.4, 0.5) is 5.69 Å². The molecule has 4 heteroatoms. The SMILES string of the molecule is CCCCOc1c(N)cc(Br)cc1C=O. The summed E-state index contributed by atoms with van der Waals surface area (Å²) in [7, 11) is 0. The van der Waals surface area contributed by atoms with E-state index in [1.807, 2.05) is 0 Å². The summed E-state index contributed by atoms with van der Waals surface area (Å²) in [6.45, 7) is 2.66. The number of benzene rings is 1. The van der Waals surface area contributed by atoms with Crippen molar-refractivity contribution in [3.63, 3.8) is 0 Å². The number of nitrogens with two attached hydrogens (primary N) is 1. The molecule has 0 saturated carbocycles. The number of halogens is 1. The number of carbonyl (C=O) groups is 1. The first-order chi connectivity index (χ1) is 7.19. The fourth-order valence-corrected chi connectivity index (χ4v) is 1.70. The van der Waals surface area contributed by atoms with Crippen LogP contribution in [0.1, 0.15) is 30.1 Å². The second-order valence-corrected chi connectivity index (χ2v) is 4.15. The van der Waals surface area contributed by atoms with E-state index in [4.69, 9.17) is 10.5 Å². The number of hydrogen-bond donors (Lipinski definition) is 1. The van der Waals surface area contributed by atoms with Gasteiger partial charge in [0.2, 0.25) is 0 Å². The summed E-state index contributed by atoms with van der Waals surface area (Å²) in [4.78, 5) is 10.8. The number of nitrogen functional groups attached to an aromatic ring is 1. The molecular formula is C11H14BrNO2. The summed E-state index contributed by atoms with van der Waals surface area (Å²) in [5.41, 5.74) is 6.74. The van der Waals surface area contributed by atoms with Crippen molar-refractivity contribution in [1.29, 1.82) is 0 Å². The Bertz CT molecular complexity index is 353. The van der Waals surface area contributed by atoms with Crippen LogP contribution in [0.2, 0.25) is 0 Å². The van der Waals surface area contributed by atoms with Crippen molar-refractivity contribution in [1.82, 2.24) is 0 Å². The molecule has 0 spiro atoms. The van der Waals surface area contributed by atoms with Crippen molar-refractivity contribution in [2.45, 2.75) is 19.8 Å². The molecule has 1 aromatic rings. The number of unbranched alkanes of at least 4 members (excludes halogenated alkanes) is 1. The normalized spacial score (nSPS) is 10.0. The zero-order valence-corrected chi connectivity index (χ0v) is 10.2. The summed E-state index contributed by atoms with van der Waals surface area (Å²) in [6, 6.07) is 3.43. The predicted molar refractivity (Wildman–Crippen MR) is 64.3 cm³/mol. The van der Waals surface area contributed by atoms with Gasteiger partial charge in [-0.05, 0) is 18.6 Å². The van der Waals surface area contributed by atoms with Gasteiger partial charge in [-0.3, -0.25) is 4.79 Å². The molecule has 0 bridgehead atoms. The average Bonchev–Trinajstić information content (AvgIpc) is 2.20. The maximum Gasteiger partial charge on any atom is 0.153 e. The fourth-order valence-electron chi connectivity index (χ4n) is 1.21. The van der Waals surface area contributed by atoms with Crippen molar-refractivity contribution < 1.29 is 9.53 Å². The monoisotopic (exact) mass is 271 g/mol. The summed E-state index contributed by atoms with van der Waals surface area (Å²) in [5.74, 6) is 0.488. The van der Waals surface area contributed by atoms with Crippen LogP contribution in [-0.2, 0) is 0 Å². The molecule has 0 aliphatic heterocycles. The van der Waals surface area contributed by atoms with E-state index in [1.54, 1.807) is 12.1 Å². The third-order valence-electron chi connectivity index (χ3n) is 1.98. The standard InChI is InChI=1S/C11H14BrNO2/c1-2-3-4-15-11-8(7-14)5-9(12)6-10(11)13/h5-7H,2-4,13H2,1H3. The van der Waals surface area contributed by atoms with E-state index in [2.05, 4.69) is 22.9 Å². The van der Waals surface area contributed by atoms with E-state index in [-0.39, 0.29) is 0 Å². The van der Waals surface area contributed by atoms with Gasteiger partial charge in [0.25, 0.3) is 0 Å².